The van der Waals surface area contributed by atoms with E-state index in [1.54, 1.807) is 37.7 Å². The standard InChI is InChI=1S/C26H25N7O4/c1-36-20-12-15(11-18-22(20)28-13-33(18)16-3-4-16)23(34)21-24(35)17-10-14(25-29-31-32-30-25)2-5-19(17)37-26(21)6-8-27-9-7-26/h2,5,10-13,16,21,27H,3-4,6-9H2,1H3,(H,29,30,31,32). The Morgan fingerprint density at radius 2 is 2.03 bits per heavy atom. The monoisotopic (exact) mass is 499 g/mol. The summed E-state index contributed by atoms with van der Waals surface area (Å²) < 4.78 is 14.3. The lowest BCUT2D eigenvalue weighted by atomic mass is 9.70. The van der Waals surface area contributed by atoms with Gasteiger partial charge in [0, 0.05) is 30.0 Å². The third kappa shape index (κ3) is 3.45. The van der Waals surface area contributed by atoms with E-state index in [-0.39, 0.29) is 11.6 Å². The van der Waals surface area contributed by atoms with E-state index in [2.05, 4.69) is 35.5 Å². The van der Waals surface area contributed by atoms with Crippen LogP contribution in [0.2, 0.25) is 0 Å². The second-order valence-corrected chi connectivity index (χ2v) is 9.95. The Labute approximate surface area is 211 Å². The van der Waals surface area contributed by atoms with Crippen LogP contribution in [-0.2, 0) is 0 Å². The van der Waals surface area contributed by atoms with Crippen molar-refractivity contribution < 1.29 is 19.1 Å². The van der Waals surface area contributed by atoms with E-state index < -0.39 is 11.5 Å². The van der Waals surface area contributed by atoms with Gasteiger partial charge in [-0.1, -0.05) is 0 Å². The number of ether oxygens (including phenoxy) is 2. The minimum Gasteiger partial charge on any atom is -0.494 e. The summed E-state index contributed by atoms with van der Waals surface area (Å²) in [5.74, 6) is -0.169. The minimum absolute atomic E-state index is 0.256. The molecule has 1 saturated heterocycles. The van der Waals surface area contributed by atoms with Gasteiger partial charge >= 0.3 is 0 Å². The van der Waals surface area contributed by atoms with Gasteiger partial charge in [0.2, 0.25) is 5.82 Å². The molecule has 37 heavy (non-hydrogen) atoms. The van der Waals surface area contributed by atoms with Crippen LogP contribution in [0.25, 0.3) is 22.4 Å². The zero-order valence-electron chi connectivity index (χ0n) is 20.2. The van der Waals surface area contributed by atoms with Gasteiger partial charge in [-0.25, -0.2) is 4.98 Å². The number of Topliss-reactive ketones (excluding diaryl/α,β-unsaturated/α-hetero) is 2. The first-order valence-electron chi connectivity index (χ1n) is 12.5. The van der Waals surface area contributed by atoms with Gasteiger partial charge in [-0.2, -0.15) is 5.21 Å². The predicted octanol–water partition coefficient (Wildman–Crippen LogP) is 2.76. The van der Waals surface area contributed by atoms with Crippen molar-refractivity contribution in [3.05, 3.63) is 47.8 Å². The molecule has 2 aromatic carbocycles. The molecule has 188 valence electrons. The molecule has 0 radical (unpaired) electrons. The molecule has 0 bridgehead atoms. The molecule has 1 aliphatic carbocycles. The number of H-pyrrole nitrogens is 1. The molecule has 1 saturated carbocycles. The topological polar surface area (TPSA) is 137 Å². The fraction of sp³-hybridized carbons (Fsp3) is 0.385. The van der Waals surface area contributed by atoms with Gasteiger partial charge in [-0.15, -0.1) is 10.2 Å². The fourth-order valence-electron chi connectivity index (χ4n) is 5.72. The molecular formula is C26H25N7O4. The summed E-state index contributed by atoms with van der Waals surface area (Å²) >= 11 is 0. The van der Waals surface area contributed by atoms with Gasteiger partial charge in [0.15, 0.2) is 11.6 Å². The quantitative estimate of drug-likeness (QED) is 0.314. The molecule has 2 aromatic heterocycles. The largest absolute Gasteiger partial charge is 0.494 e. The number of hydrogen-bond donors (Lipinski definition) is 2. The number of fused-ring (bicyclic) bond motifs is 2. The fourth-order valence-corrected chi connectivity index (χ4v) is 5.72. The Morgan fingerprint density at radius 1 is 1.19 bits per heavy atom. The zero-order chi connectivity index (χ0) is 25.1. The number of ketones is 2. The Hall–Kier alpha value is -4.12. The average Bonchev–Trinajstić information content (AvgIpc) is 3.43. The number of rotatable bonds is 5. The summed E-state index contributed by atoms with van der Waals surface area (Å²) in [6.07, 6.45) is 5.05. The molecule has 1 atom stereocenters. The highest BCUT2D eigenvalue weighted by atomic mass is 16.5. The number of carbonyl (C=O) groups excluding carboxylic acids is 2. The first-order chi connectivity index (χ1) is 18.1. The van der Waals surface area contributed by atoms with E-state index in [9.17, 15) is 9.59 Å². The summed E-state index contributed by atoms with van der Waals surface area (Å²) in [7, 11) is 1.57. The van der Waals surface area contributed by atoms with Crippen molar-refractivity contribution in [2.45, 2.75) is 37.3 Å². The number of hydrogen-bond acceptors (Lipinski definition) is 9. The van der Waals surface area contributed by atoms with E-state index in [0.717, 1.165) is 18.4 Å². The first kappa shape index (κ1) is 22.1. The number of carbonyl (C=O) groups is 2. The lowest BCUT2D eigenvalue weighted by Crippen LogP contribution is -2.58. The van der Waals surface area contributed by atoms with Gasteiger partial charge < -0.3 is 19.4 Å². The number of piperidine rings is 1. The highest BCUT2D eigenvalue weighted by Gasteiger charge is 2.54. The summed E-state index contributed by atoms with van der Waals surface area (Å²) in [6, 6.07) is 9.16. The SMILES string of the molecule is COc1cc(C(=O)C2C(=O)c3cc(-c4nn[nH]n4)ccc3OC23CCNCC3)cc2c1ncn2C1CC1. The summed E-state index contributed by atoms with van der Waals surface area (Å²) in [4.78, 5) is 33.0. The van der Waals surface area contributed by atoms with Crippen molar-refractivity contribution in [3.8, 4) is 22.9 Å². The maximum atomic E-state index is 14.3. The molecule has 11 heteroatoms. The number of imidazole rings is 1. The van der Waals surface area contributed by atoms with Crippen molar-refractivity contribution >= 4 is 22.6 Å². The molecule has 2 N–H and O–H groups in total. The van der Waals surface area contributed by atoms with Crippen LogP contribution in [0.5, 0.6) is 11.5 Å². The van der Waals surface area contributed by atoms with Crippen LogP contribution in [0.1, 0.15) is 52.4 Å². The Morgan fingerprint density at radius 3 is 2.76 bits per heavy atom. The molecule has 0 amide bonds. The van der Waals surface area contributed by atoms with Crippen LogP contribution >= 0.6 is 0 Å². The van der Waals surface area contributed by atoms with Crippen LogP contribution in [-0.4, -0.2) is 67.5 Å². The normalized spacial score (nSPS) is 20.6. The molecule has 11 nitrogen and oxygen atoms in total. The van der Waals surface area contributed by atoms with Crippen molar-refractivity contribution in [3.63, 3.8) is 0 Å². The highest BCUT2D eigenvalue weighted by Crippen LogP contribution is 2.45. The second-order valence-electron chi connectivity index (χ2n) is 9.95. The van der Waals surface area contributed by atoms with Crippen molar-refractivity contribution in [2.75, 3.05) is 20.2 Å². The molecule has 4 heterocycles. The highest BCUT2D eigenvalue weighted by molar-refractivity contribution is 6.19. The van der Waals surface area contributed by atoms with Gasteiger partial charge in [-0.3, -0.25) is 9.59 Å². The number of nitrogens with zero attached hydrogens (tertiary/aromatic N) is 5. The van der Waals surface area contributed by atoms with Crippen molar-refractivity contribution in [2.24, 2.45) is 5.92 Å². The smallest absolute Gasteiger partial charge is 0.204 e. The maximum Gasteiger partial charge on any atom is 0.204 e. The number of aromatic nitrogens is 6. The van der Waals surface area contributed by atoms with Crippen LogP contribution in [0.4, 0.5) is 0 Å². The molecule has 3 aliphatic rings. The number of benzene rings is 2. The third-order valence-corrected chi connectivity index (χ3v) is 7.75. The summed E-state index contributed by atoms with van der Waals surface area (Å²) in [5.41, 5.74) is 2.01. The lowest BCUT2D eigenvalue weighted by molar-refractivity contribution is -0.0138. The van der Waals surface area contributed by atoms with E-state index in [0.29, 0.717) is 71.5 Å². The van der Waals surface area contributed by atoms with E-state index in [1.165, 1.54) is 0 Å². The van der Waals surface area contributed by atoms with E-state index in [4.69, 9.17) is 9.47 Å². The Kier molecular flexibility index (Phi) is 4.90. The molecule has 7 rings (SSSR count). The van der Waals surface area contributed by atoms with E-state index in [1.807, 2.05) is 6.07 Å². The molecule has 2 aliphatic heterocycles. The molecule has 2 fully saturated rings. The van der Waals surface area contributed by atoms with Crippen molar-refractivity contribution in [1.82, 2.24) is 35.5 Å². The second kappa shape index (κ2) is 8.20. The van der Waals surface area contributed by atoms with Gasteiger partial charge in [0.05, 0.1) is 24.5 Å². The Balaban J connectivity index is 1.35. The van der Waals surface area contributed by atoms with Crippen molar-refractivity contribution in [1.29, 1.82) is 0 Å². The maximum absolute atomic E-state index is 14.3. The number of nitrogens with one attached hydrogen (secondary N) is 2. The Bertz CT molecular complexity index is 1530. The average molecular weight is 500 g/mol. The molecule has 4 aromatic rings. The predicted molar refractivity (Wildman–Crippen MR) is 132 cm³/mol. The zero-order valence-corrected chi connectivity index (χ0v) is 20.2. The first-order valence-corrected chi connectivity index (χ1v) is 12.5. The van der Waals surface area contributed by atoms with Gasteiger partial charge in [0.1, 0.15) is 28.5 Å². The molecule has 1 spiro atoms. The lowest BCUT2D eigenvalue weighted by Gasteiger charge is -2.45. The van der Waals surface area contributed by atoms with Gasteiger partial charge in [-0.05, 0) is 61.5 Å². The summed E-state index contributed by atoms with van der Waals surface area (Å²) in [5, 5.41) is 17.4. The van der Waals surface area contributed by atoms with E-state index >= 15 is 0 Å². The van der Waals surface area contributed by atoms with Crippen LogP contribution in [0, 0.1) is 5.92 Å². The van der Waals surface area contributed by atoms with Crippen LogP contribution in [0.15, 0.2) is 36.7 Å². The number of methoxy groups -OCH3 is 1. The number of tetrazole rings is 1. The van der Waals surface area contributed by atoms with Crippen LogP contribution in [0.3, 0.4) is 0 Å². The van der Waals surface area contributed by atoms with Gasteiger partial charge in [0.25, 0.3) is 0 Å². The third-order valence-electron chi connectivity index (χ3n) is 7.75. The van der Waals surface area contributed by atoms with Crippen LogP contribution < -0.4 is 14.8 Å². The minimum atomic E-state index is -0.998. The summed E-state index contributed by atoms with van der Waals surface area (Å²) in [6.45, 7) is 1.31. The molecule has 1 unspecified atom stereocenters. The number of aromatic amines is 1. The molecular weight excluding hydrogens is 474 g/mol.